The Morgan fingerprint density at radius 1 is 1.17 bits per heavy atom. The van der Waals surface area contributed by atoms with E-state index in [0.717, 1.165) is 5.56 Å². The molecule has 0 saturated carbocycles. The van der Waals surface area contributed by atoms with Crippen LogP contribution in [0.2, 0.25) is 0 Å². The number of aliphatic imine (C=N–C) groups is 1. The lowest BCUT2D eigenvalue weighted by Gasteiger charge is -2.07. The molecule has 0 heterocycles. The quantitative estimate of drug-likeness (QED) is 0.630. The summed E-state index contributed by atoms with van der Waals surface area (Å²) in [6.45, 7) is 2.41. The molecule has 0 fully saturated rings. The van der Waals surface area contributed by atoms with Gasteiger partial charge in [-0.05, 0) is 24.6 Å². The zero-order valence-electron chi connectivity index (χ0n) is 12.9. The molecular formula is C18H19NO4. The van der Waals surface area contributed by atoms with Crippen LogP contribution in [0.15, 0.2) is 53.5 Å². The number of para-hydroxylation sites is 1. The van der Waals surface area contributed by atoms with E-state index in [9.17, 15) is 9.90 Å². The fourth-order valence-corrected chi connectivity index (χ4v) is 1.92. The first-order chi connectivity index (χ1) is 11.2. The van der Waals surface area contributed by atoms with Gasteiger partial charge in [-0.25, -0.2) is 0 Å². The predicted octanol–water partition coefficient (Wildman–Crippen LogP) is 2.95. The molecule has 5 nitrogen and oxygen atoms in total. The molecule has 120 valence electrons. The Hall–Kier alpha value is -2.82. The molecular weight excluding hydrogens is 294 g/mol. The highest BCUT2D eigenvalue weighted by Crippen LogP contribution is 2.28. The fourth-order valence-electron chi connectivity index (χ4n) is 1.92. The smallest absolute Gasteiger partial charge is 0.328 e. The number of rotatable bonds is 7. The van der Waals surface area contributed by atoms with Gasteiger partial charge in [0.15, 0.2) is 11.5 Å². The van der Waals surface area contributed by atoms with Crippen molar-refractivity contribution >= 4 is 12.2 Å². The highest BCUT2D eigenvalue weighted by molar-refractivity contribution is 5.86. The number of esters is 1. The number of aromatic hydroxyl groups is 1. The average molecular weight is 313 g/mol. The molecule has 0 aliphatic carbocycles. The third kappa shape index (κ3) is 5.14. The minimum atomic E-state index is -0.425. The summed E-state index contributed by atoms with van der Waals surface area (Å²) in [5.41, 5.74) is 1.42. The van der Waals surface area contributed by atoms with Crippen LogP contribution < -0.4 is 4.74 Å². The Balaban J connectivity index is 1.86. The molecule has 0 radical (unpaired) electrons. The van der Waals surface area contributed by atoms with Crippen LogP contribution in [0.3, 0.4) is 0 Å². The van der Waals surface area contributed by atoms with Gasteiger partial charge in [0.2, 0.25) is 0 Å². The number of carbonyl (C=O) groups excluding carboxylic acids is 1. The van der Waals surface area contributed by atoms with Crippen LogP contribution in [0.4, 0.5) is 0 Å². The molecule has 2 aromatic rings. The minimum absolute atomic E-state index is 0.00996. The van der Waals surface area contributed by atoms with Crippen LogP contribution in [0.1, 0.15) is 18.1 Å². The van der Waals surface area contributed by atoms with Crippen LogP contribution in [0.25, 0.3) is 0 Å². The Bertz CT molecular complexity index is 668. The van der Waals surface area contributed by atoms with Crippen molar-refractivity contribution in [2.75, 3.05) is 13.2 Å². The van der Waals surface area contributed by atoms with Crippen molar-refractivity contribution in [3.05, 3.63) is 59.7 Å². The van der Waals surface area contributed by atoms with Crippen LogP contribution in [-0.2, 0) is 16.1 Å². The normalized spacial score (nSPS) is 10.7. The average Bonchev–Trinajstić information content (AvgIpc) is 2.57. The van der Waals surface area contributed by atoms with E-state index in [2.05, 4.69) is 4.99 Å². The van der Waals surface area contributed by atoms with E-state index in [0.29, 0.717) is 17.9 Å². The van der Waals surface area contributed by atoms with E-state index in [1.54, 1.807) is 18.2 Å². The monoisotopic (exact) mass is 313 g/mol. The highest BCUT2D eigenvalue weighted by atomic mass is 16.5. The van der Waals surface area contributed by atoms with Gasteiger partial charge >= 0.3 is 5.97 Å². The van der Waals surface area contributed by atoms with Gasteiger partial charge in [-0.2, -0.15) is 0 Å². The molecule has 2 rings (SSSR count). The zero-order valence-corrected chi connectivity index (χ0v) is 12.9. The lowest BCUT2D eigenvalue weighted by atomic mass is 10.2. The van der Waals surface area contributed by atoms with Gasteiger partial charge in [-0.1, -0.05) is 36.4 Å². The van der Waals surface area contributed by atoms with Crippen LogP contribution in [0, 0.1) is 0 Å². The maximum Gasteiger partial charge on any atom is 0.328 e. The third-order valence-electron chi connectivity index (χ3n) is 3.02. The summed E-state index contributed by atoms with van der Waals surface area (Å²) in [7, 11) is 0. The van der Waals surface area contributed by atoms with Crippen molar-refractivity contribution in [1.82, 2.24) is 0 Å². The van der Waals surface area contributed by atoms with Crippen molar-refractivity contribution in [3.8, 4) is 11.5 Å². The first kappa shape index (κ1) is 16.5. The maximum atomic E-state index is 11.6. The number of hydrogen-bond acceptors (Lipinski definition) is 5. The summed E-state index contributed by atoms with van der Waals surface area (Å²) in [6, 6.07) is 14.5. The molecule has 0 unspecified atom stereocenters. The molecule has 0 bridgehead atoms. The maximum absolute atomic E-state index is 11.6. The van der Waals surface area contributed by atoms with Crippen molar-refractivity contribution in [3.63, 3.8) is 0 Å². The van der Waals surface area contributed by atoms with Gasteiger partial charge in [-0.3, -0.25) is 9.79 Å². The van der Waals surface area contributed by atoms with Gasteiger partial charge in [0.25, 0.3) is 0 Å². The van der Waals surface area contributed by atoms with E-state index >= 15 is 0 Å². The van der Waals surface area contributed by atoms with Crippen LogP contribution >= 0.6 is 0 Å². The fraction of sp³-hybridized carbons (Fsp3) is 0.222. The molecule has 5 heteroatoms. The summed E-state index contributed by atoms with van der Waals surface area (Å²) in [4.78, 5) is 15.6. The molecule has 0 spiro atoms. The van der Waals surface area contributed by atoms with Crippen molar-refractivity contribution in [2.45, 2.75) is 13.5 Å². The minimum Gasteiger partial charge on any atom is -0.504 e. The molecule has 2 aromatic carbocycles. The van der Waals surface area contributed by atoms with Crippen molar-refractivity contribution < 1.29 is 19.4 Å². The Kier molecular flexibility index (Phi) is 6.17. The molecule has 0 aliphatic heterocycles. The second-order valence-corrected chi connectivity index (χ2v) is 4.74. The van der Waals surface area contributed by atoms with Gasteiger partial charge in [-0.15, -0.1) is 0 Å². The molecule has 0 aromatic heterocycles. The second kappa shape index (κ2) is 8.58. The van der Waals surface area contributed by atoms with Crippen LogP contribution in [0.5, 0.6) is 11.5 Å². The van der Waals surface area contributed by atoms with Crippen molar-refractivity contribution in [1.29, 1.82) is 0 Å². The summed E-state index contributed by atoms with van der Waals surface area (Å²) in [6.07, 6.45) is 1.43. The Morgan fingerprint density at radius 2 is 1.96 bits per heavy atom. The summed E-state index contributed by atoms with van der Waals surface area (Å²) < 4.78 is 10.4. The standard InChI is InChI=1S/C18H19NO4/c1-2-22-16-10-6-9-15(18(16)21)11-19-12-17(20)23-13-14-7-4-3-5-8-14/h3-11,21H,2,12-13H2,1H3. The van der Waals surface area contributed by atoms with Crippen molar-refractivity contribution in [2.24, 2.45) is 4.99 Å². The lowest BCUT2D eigenvalue weighted by Crippen LogP contribution is -2.08. The highest BCUT2D eigenvalue weighted by Gasteiger charge is 2.06. The summed E-state index contributed by atoms with van der Waals surface area (Å²) >= 11 is 0. The molecule has 0 amide bonds. The summed E-state index contributed by atoms with van der Waals surface area (Å²) in [5, 5.41) is 10.0. The number of ether oxygens (including phenoxy) is 2. The van der Waals surface area contributed by atoms with E-state index in [1.807, 2.05) is 37.3 Å². The number of benzene rings is 2. The Morgan fingerprint density at radius 3 is 2.70 bits per heavy atom. The van der Waals surface area contributed by atoms with E-state index in [4.69, 9.17) is 9.47 Å². The number of carbonyl (C=O) groups is 1. The van der Waals surface area contributed by atoms with Gasteiger partial charge < -0.3 is 14.6 Å². The summed E-state index contributed by atoms with van der Waals surface area (Å²) in [5.74, 6) is -0.0237. The second-order valence-electron chi connectivity index (χ2n) is 4.74. The number of nitrogens with zero attached hydrogens (tertiary/aromatic N) is 1. The molecule has 0 atom stereocenters. The van der Waals surface area contributed by atoms with Gasteiger partial charge in [0.05, 0.1) is 6.61 Å². The first-order valence-electron chi connectivity index (χ1n) is 7.35. The molecule has 23 heavy (non-hydrogen) atoms. The molecule has 1 N–H and O–H groups in total. The third-order valence-corrected chi connectivity index (χ3v) is 3.02. The predicted molar refractivity (Wildman–Crippen MR) is 88.0 cm³/mol. The lowest BCUT2D eigenvalue weighted by molar-refractivity contribution is -0.143. The molecule has 0 aliphatic rings. The van der Waals surface area contributed by atoms with E-state index in [-0.39, 0.29) is 18.9 Å². The van der Waals surface area contributed by atoms with Crippen LogP contribution in [-0.4, -0.2) is 30.4 Å². The SMILES string of the molecule is CCOc1cccc(C=NCC(=O)OCc2ccccc2)c1O. The zero-order chi connectivity index (χ0) is 16.5. The van der Waals surface area contributed by atoms with E-state index in [1.165, 1.54) is 6.21 Å². The molecule has 0 saturated heterocycles. The largest absolute Gasteiger partial charge is 0.504 e. The van der Waals surface area contributed by atoms with Gasteiger partial charge in [0, 0.05) is 11.8 Å². The number of phenols is 1. The number of hydrogen-bond donors (Lipinski definition) is 1. The Labute approximate surface area is 135 Å². The topological polar surface area (TPSA) is 68.1 Å². The van der Waals surface area contributed by atoms with E-state index < -0.39 is 5.97 Å². The van der Waals surface area contributed by atoms with Gasteiger partial charge in [0.1, 0.15) is 13.2 Å². The first-order valence-corrected chi connectivity index (χ1v) is 7.35. The number of phenolic OH excluding ortho intramolecular Hbond substituents is 1.